The Hall–Kier alpha value is -1.75. The first kappa shape index (κ1) is 13.3. The van der Waals surface area contributed by atoms with Crippen LogP contribution in [0.25, 0.3) is 0 Å². The van der Waals surface area contributed by atoms with Gasteiger partial charge in [0.1, 0.15) is 11.8 Å². The molecule has 0 fully saturated rings. The van der Waals surface area contributed by atoms with E-state index < -0.39 is 12.0 Å². The highest BCUT2D eigenvalue weighted by Gasteiger charge is 2.13. The lowest BCUT2D eigenvalue weighted by atomic mass is 10.1. The van der Waals surface area contributed by atoms with E-state index in [1.165, 1.54) is 0 Å². The monoisotopic (exact) mass is 238 g/mol. The molecule has 0 amide bonds. The summed E-state index contributed by atoms with van der Waals surface area (Å²) < 4.78 is 5.25. The standard InChI is InChI=1S/C12H18N2O3/c1-7-4-8(2)11(10(5-7)17-3)14-6-9(13)12(15)16/h4-5,9,14H,6,13H2,1-3H3,(H,15,16). The number of carboxylic acids is 1. The van der Waals surface area contributed by atoms with Crippen LogP contribution < -0.4 is 15.8 Å². The minimum atomic E-state index is -1.03. The van der Waals surface area contributed by atoms with Crippen molar-refractivity contribution in [1.82, 2.24) is 0 Å². The molecule has 1 aromatic rings. The molecule has 0 radical (unpaired) electrons. The first-order valence-corrected chi connectivity index (χ1v) is 5.33. The maximum Gasteiger partial charge on any atom is 0.322 e. The Morgan fingerprint density at radius 3 is 2.71 bits per heavy atom. The minimum Gasteiger partial charge on any atom is -0.495 e. The number of ether oxygens (including phenoxy) is 1. The highest BCUT2D eigenvalue weighted by atomic mass is 16.5. The normalized spacial score (nSPS) is 12.0. The van der Waals surface area contributed by atoms with Gasteiger partial charge in [-0.15, -0.1) is 0 Å². The number of rotatable bonds is 5. The number of benzene rings is 1. The van der Waals surface area contributed by atoms with Crippen LogP contribution in [0.3, 0.4) is 0 Å². The molecule has 5 nitrogen and oxygen atoms in total. The first-order chi connectivity index (χ1) is 7.95. The third-order valence-electron chi connectivity index (χ3n) is 2.48. The second-order valence-electron chi connectivity index (χ2n) is 3.98. The molecular weight excluding hydrogens is 220 g/mol. The Labute approximate surface area is 101 Å². The number of nitrogens with two attached hydrogens (primary N) is 1. The molecule has 1 rings (SSSR count). The lowest BCUT2D eigenvalue weighted by molar-refractivity contribution is -0.138. The van der Waals surface area contributed by atoms with E-state index in [9.17, 15) is 4.79 Å². The van der Waals surface area contributed by atoms with E-state index in [-0.39, 0.29) is 6.54 Å². The van der Waals surface area contributed by atoms with Crippen LogP contribution in [-0.2, 0) is 4.79 Å². The predicted octanol–water partition coefficient (Wildman–Crippen LogP) is 1.14. The molecular formula is C12H18N2O3. The van der Waals surface area contributed by atoms with E-state index in [0.29, 0.717) is 5.75 Å². The number of aryl methyl sites for hydroxylation is 2. The summed E-state index contributed by atoms with van der Waals surface area (Å²) in [6.07, 6.45) is 0. The van der Waals surface area contributed by atoms with Gasteiger partial charge in [0.2, 0.25) is 0 Å². The molecule has 0 saturated heterocycles. The van der Waals surface area contributed by atoms with Crippen molar-refractivity contribution >= 4 is 11.7 Å². The summed E-state index contributed by atoms with van der Waals surface area (Å²) in [6.45, 7) is 4.07. The van der Waals surface area contributed by atoms with Crippen molar-refractivity contribution in [3.05, 3.63) is 23.3 Å². The summed E-state index contributed by atoms with van der Waals surface area (Å²) in [4.78, 5) is 10.6. The van der Waals surface area contributed by atoms with Gasteiger partial charge in [-0.05, 0) is 31.0 Å². The Morgan fingerprint density at radius 1 is 1.53 bits per heavy atom. The second-order valence-corrected chi connectivity index (χ2v) is 3.98. The predicted molar refractivity (Wildman–Crippen MR) is 66.6 cm³/mol. The SMILES string of the molecule is COc1cc(C)cc(C)c1NCC(N)C(=O)O. The Bertz CT molecular complexity index is 418. The van der Waals surface area contributed by atoms with E-state index in [2.05, 4.69) is 5.32 Å². The number of anilines is 1. The summed E-state index contributed by atoms with van der Waals surface area (Å²) in [6, 6.07) is 2.96. The van der Waals surface area contributed by atoms with Crippen molar-refractivity contribution in [3.8, 4) is 5.75 Å². The van der Waals surface area contributed by atoms with Gasteiger partial charge in [0.25, 0.3) is 0 Å². The summed E-state index contributed by atoms with van der Waals surface area (Å²) >= 11 is 0. The van der Waals surface area contributed by atoms with E-state index in [0.717, 1.165) is 16.8 Å². The van der Waals surface area contributed by atoms with Crippen molar-refractivity contribution in [2.24, 2.45) is 5.73 Å². The zero-order valence-electron chi connectivity index (χ0n) is 10.3. The zero-order valence-corrected chi connectivity index (χ0v) is 10.3. The molecule has 0 spiro atoms. The number of carboxylic acid groups (broad SMARTS) is 1. The Balaban J connectivity index is 2.86. The molecule has 17 heavy (non-hydrogen) atoms. The van der Waals surface area contributed by atoms with Gasteiger partial charge in [0.15, 0.2) is 0 Å². The van der Waals surface area contributed by atoms with Crippen LogP contribution in [0.1, 0.15) is 11.1 Å². The highest BCUT2D eigenvalue weighted by Crippen LogP contribution is 2.29. The maximum absolute atomic E-state index is 10.6. The van der Waals surface area contributed by atoms with E-state index in [4.69, 9.17) is 15.6 Å². The Morgan fingerprint density at radius 2 is 2.18 bits per heavy atom. The number of methoxy groups -OCH3 is 1. The first-order valence-electron chi connectivity index (χ1n) is 5.33. The number of nitrogens with one attached hydrogen (secondary N) is 1. The molecule has 1 aromatic carbocycles. The topological polar surface area (TPSA) is 84.6 Å². The molecule has 0 aliphatic heterocycles. The van der Waals surface area contributed by atoms with Gasteiger partial charge in [-0.3, -0.25) is 4.79 Å². The number of carbonyl (C=O) groups is 1. The largest absolute Gasteiger partial charge is 0.495 e. The van der Waals surface area contributed by atoms with Gasteiger partial charge in [-0.2, -0.15) is 0 Å². The van der Waals surface area contributed by atoms with Gasteiger partial charge < -0.3 is 20.9 Å². The van der Waals surface area contributed by atoms with Crippen LogP contribution in [0.2, 0.25) is 0 Å². The molecule has 0 aliphatic carbocycles. The van der Waals surface area contributed by atoms with Crippen LogP contribution in [0.15, 0.2) is 12.1 Å². The lowest BCUT2D eigenvalue weighted by Gasteiger charge is -2.16. The number of hydrogen-bond donors (Lipinski definition) is 3. The fourth-order valence-corrected chi connectivity index (χ4v) is 1.62. The fraction of sp³-hybridized carbons (Fsp3) is 0.417. The van der Waals surface area contributed by atoms with Crippen LogP contribution in [0.5, 0.6) is 5.75 Å². The fourth-order valence-electron chi connectivity index (χ4n) is 1.62. The molecule has 94 valence electrons. The van der Waals surface area contributed by atoms with Gasteiger partial charge in [0, 0.05) is 6.54 Å². The van der Waals surface area contributed by atoms with Crippen molar-refractivity contribution in [1.29, 1.82) is 0 Å². The molecule has 0 aromatic heterocycles. The van der Waals surface area contributed by atoms with Crippen molar-refractivity contribution < 1.29 is 14.6 Å². The third kappa shape index (κ3) is 3.35. The summed E-state index contributed by atoms with van der Waals surface area (Å²) in [5.74, 6) is -0.332. The smallest absolute Gasteiger partial charge is 0.322 e. The summed E-state index contributed by atoms with van der Waals surface area (Å²) in [7, 11) is 1.58. The summed E-state index contributed by atoms with van der Waals surface area (Å²) in [5, 5.41) is 11.7. The molecule has 1 atom stereocenters. The van der Waals surface area contributed by atoms with E-state index in [1.54, 1.807) is 7.11 Å². The van der Waals surface area contributed by atoms with Gasteiger partial charge in [-0.25, -0.2) is 0 Å². The van der Waals surface area contributed by atoms with Gasteiger partial charge in [0.05, 0.1) is 12.8 Å². The molecule has 0 heterocycles. The van der Waals surface area contributed by atoms with Crippen LogP contribution in [0, 0.1) is 13.8 Å². The van der Waals surface area contributed by atoms with Crippen molar-refractivity contribution in [2.45, 2.75) is 19.9 Å². The molecule has 0 aliphatic rings. The van der Waals surface area contributed by atoms with Gasteiger partial charge in [-0.1, -0.05) is 6.07 Å². The van der Waals surface area contributed by atoms with Crippen molar-refractivity contribution in [3.63, 3.8) is 0 Å². The van der Waals surface area contributed by atoms with Gasteiger partial charge >= 0.3 is 5.97 Å². The van der Waals surface area contributed by atoms with Crippen LogP contribution in [0.4, 0.5) is 5.69 Å². The maximum atomic E-state index is 10.6. The third-order valence-corrected chi connectivity index (χ3v) is 2.48. The average molecular weight is 238 g/mol. The quantitative estimate of drug-likeness (QED) is 0.716. The Kier molecular flexibility index (Phi) is 4.34. The molecule has 4 N–H and O–H groups in total. The van der Waals surface area contributed by atoms with E-state index in [1.807, 2.05) is 26.0 Å². The van der Waals surface area contributed by atoms with Crippen LogP contribution >= 0.6 is 0 Å². The minimum absolute atomic E-state index is 0.162. The average Bonchev–Trinajstić information content (AvgIpc) is 2.26. The van der Waals surface area contributed by atoms with Crippen molar-refractivity contribution in [2.75, 3.05) is 19.0 Å². The molecule has 5 heteroatoms. The molecule has 0 bridgehead atoms. The number of aliphatic carboxylic acids is 1. The number of hydrogen-bond acceptors (Lipinski definition) is 4. The highest BCUT2D eigenvalue weighted by molar-refractivity contribution is 5.74. The van der Waals surface area contributed by atoms with Crippen LogP contribution in [-0.4, -0.2) is 30.8 Å². The molecule has 1 unspecified atom stereocenters. The van der Waals surface area contributed by atoms with E-state index >= 15 is 0 Å². The lowest BCUT2D eigenvalue weighted by Crippen LogP contribution is -2.37. The molecule has 0 saturated carbocycles. The second kappa shape index (κ2) is 5.54. The zero-order chi connectivity index (χ0) is 13.0. The summed E-state index contributed by atoms with van der Waals surface area (Å²) in [5.41, 5.74) is 8.31.